The minimum absolute atomic E-state index is 0.0307. The minimum Gasteiger partial charge on any atom is -0.444 e. The Morgan fingerprint density at radius 1 is 1.21 bits per heavy atom. The average Bonchev–Trinajstić information content (AvgIpc) is 2.81. The summed E-state index contributed by atoms with van der Waals surface area (Å²) in [5.41, 5.74) is -0.801. The van der Waals surface area contributed by atoms with Gasteiger partial charge in [-0.3, -0.25) is 0 Å². The molecular weight excluding hydrogens is 246 g/mol. The summed E-state index contributed by atoms with van der Waals surface area (Å²) < 4.78 is 5.38. The average molecular weight is 271 g/mol. The van der Waals surface area contributed by atoms with Crippen LogP contribution in [0.1, 0.15) is 33.6 Å². The van der Waals surface area contributed by atoms with Gasteiger partial charge < -0.3 is 19.8 Å². The number of fused-ring (bicyclic) bond motifs is 1. The molecule has 1 amide bonds. The van der Waals surface area contributed by atoms with E-state index in [2.05, 4.69) is 0 Å². The summed E-state index contributed by atoms with van der Waals surface area (Å²) in [6.45, 7) is 7.02. The van der Waals surface area contributed by atoms with Crippen LogP contribution in [-0.4, -0.2) is 53.1 Å². The Bertz CT molecular complexity index is 330. The standard InChI is InChI=1S/C14H25NO4/c1-13(2,3)19-12(18)15-6-10-4-14(8-16,9-17)5-11(10)7-15/h10-11,16-17H,4-9H2,1-3H3/t10-,11-/m1/s1. The number of rotatable bonds is 2. The Morgan fingerprint density at radius 3 is 2.05 bits per heavy atom. The predicted molar refractivity (Wildman–Crippen MR) is 70.6 cm³/mol. The highest BCUT2D eigenvalue weighted by Gasteiger charge is 2.49. The summed E-state index contributed by atoms with van der Waals surface area (Å²) in [6.07, 6.45) is 1.34. The zero-order chi connectivity index (χ0) is 14.3. The van der Waals surface area contributed by atoms with Crippen LogP contribution in [0.4, 0.5) is 4.79 Å². The van der Waals surface area contributed by atoms with Crippen LogP contribution in [0.5, 0.6) is 0 Å². The third-order valence-electron chi connectivity index (χ3n) is 4.29. The first kappa shape index (κ1) is 14.6. The van der Waals surface area contributed by atoms with Crippen molar-refractivity contribution in [3.63, 3.8) is 0 Å². The van der Waals surface area contributed by atoms with Gasteiger partial charge in [0, 0.05) is 18.5 Å². The molecule has 0 spiro atoms. The van der Waals surface area contributed by atoms with E-state index in [1.54, 1.807) is 4.90 Å². The lowest BCUT2D eigenvalue weighted by Gasteiger charge is -2.28. The Morgan fingerprint density at radius 2 is 1.68 bits per heavy atom. The summed E-state index contributed by atoms with van der Waals surface area (Å²) in [5.74, 6) is 0.763. The van der Waals surface area contributed by atoms with E-state index in [-0.39, 0.29) is 24.7 Å². The molecule has 0 aromatic carbocycles. The molecule has 19 heavy (non-hydrogen) atoms. The van der Waals surface area contributed by atoms with Gasteiger partial charge in [0.25, 0.3) is 0 Å². The van der Waals surface area contributed by atoms with Gasteiger partial charge in [-0.05, 0) is 45.4 Å². The molecule has 0 bridgehead atoms. The van der Waals surface area contributed by atoms with Crippen LogP contribution in [0.3, 0.4) is 0 Å². The van der Waals surface area contributed by atoms with Crippen molar-refractivity contribution in [1.82, 2.24) is 4.90 Å². The van der Waals surface area contributed by atoms with E-state index in [9.17, 15) is 15.0 Å². The maximum atomic E-state index is 12.0. The third kappa shape index (κ3) is 3.03. The van der Waals surface area contributed by atoms with Gasteiger partial charge in [-0.25, -0.2) is 4.79 Å². The smallest absolute Gasteiger partial charge is 0.410 e. The first-order valence-electron chi connectivity index (χ1n) is 6.98. The van der Waals surface area contributed by atoms with Gasteiger partial charge >= 0.3 is 6.09 Å². The molecule has 2 rings (SSSR count). The molecule has 0 aromatic heterocycles. The Labute approximate surface area is 114 Å². The summed E-state index contributed by atoms with van der Waals surface area (Å²) in [4.78, 5) is 13.8. The van der Waals surface area contributed by atoms with Crippen molar-refractivity contribution in [3.8, 4) is 0 Å². The largest absolute Gasteiger partial charge is 0.444 e. The van der Waals surface area contributed by atoms with Crippen molar-refractivity contribution in [2.24, 2.45) is 17.3 Å². The number of hydrogen-bond acceptors (Lipinski definition) is 4. The Kier molecular flexibility index (Phi) is 3.80. The predicted octanol–water partition coefficient (Wildman–Crippen LogP) is 1.23. The number of aliphatic hydroxyl groups excluding tert-OH is 2. The normalized spacial score (nSPS) is 29.4. The van der Waals surface area contributed by atoms with Crippen LogP contribution in [0.25, 0.3) is 0 Å². The SMILES string of the molecule is CC(C)(C)OC(=O)N1C[C@H]2CC(CO)(CO)C[C@@H]2C1. The molecule has 0 radical (unpaired) electrons. The third-order valence-corrected chi connectivity index (χ3v) is 4.29. The van der Waals surface area contributed by atoms with E-state index in [0.29, 0.717) is 24.9 Å². The number of carbonyl (C=O) groups is 1. The highest BCUT2D eigenvalue weighted by atomic mass is 16.6. The van der Waals surface area contributed by atoms with Crippen molar-refractivity contribution in [3.05, 3.63) is 0 Å². The molecule has 5 heteroatoms. The van der Waals surface area contributed by atoms with E-state index in [1.807, 2.05) is 20.8 Å². The van der Waals surface area contributed by atoms with E-state index in [1.165, 1.54) is 0 Å². The number of carbonyl (C=O) groups excluding carboxylic acids is 1. The molecule has 2 atom stereocenters. The van der Waals surface area contributed by atoms with Crippen LogP contribution in [-0.2, 0) is 4.74 Å². The first-order valence-corrected chi connectivity index (χ1v) is 6.98. The lowest BCUT2D eigenvalue weighted by molar-refractivity contribution is 0.0226. The molecule has 5 nitrogen and oxygen atoms in total. The van der Waals surface area contributed by atoms with Gasteiger partial charge in [0.05, 0.1) is 13.2 Å². The molecule has 2 fully saturated rings. The lowest BCUT2D eigenvalue weighted by Crippen LogP contribution is -2.37. The zero-order valence-corrected chi connectivity index (χ0v) is 12.1. The number of aliphatic hydroxyl groups is 2. The van der Waals surface area contributed by atoms with Gasteiger partial charge in [0.15, 0.2) is 0 Å². The quantitative estimate of drug-likeness (QED) is 0.792. The van der Waals surface area contributed by atoms with Crippen LogP contribution >= 0.6 is 0 Å². The Hall–Kier alpha value is -0.810. The maximum Gasteiger partial charge on any atom is 0.410 e. The number of nitrogens with zero attached hydrogens (tertiary/aromatic N) is 1. The van der Waals surface area contributed by atoms with E-state index < -0.39 is 5.60 Å². The second kappa shape index (κ2) is 4.94. The fourth-order valence-corrected chi connectivity index (χ4v) is 3.38. The number of amides is 1. The maximum absolute atomic E-state index is 12.0. The molecule has 1 aliphatic carbocycles. The van der Waals surface area contributed by atoms with Crippen LogP contribution in [0.15, 0.2) is 0 Å². The van der Waals surface area contributed by atoms with Crippen molar-refractivity contribution in [1.29, 1.82) is 0 Å². The second-order valence-corrected chi connectivity index (χ2v) is 7.13. The highest BCUT2D eigenvalue weighted by molar-refractivity contribution is 5.68. The molecule has 2 aliphatic rings. The van der Waals surface area contributed by atoms with Crippen molar-refractivity contribution in [2.45, 2.75) is 39.2 Å². The van der Waals surface area contributed by atoms with E-state index >= 15 is 0 Å². The molecule has 2 N–H and O–H groups in total. The summed E-state index contributed by atoms with van der Waals surface area (Å²) >= 11 is 0. The van der Waals surface area contributed by atoms with Gasteiger partial charge in [-0.1, -0.05) is 0 Å². The van der Waals surface area contributed by atoms with Gasteiger partial charge in [0.2, 0.25) is 0 Å². The van der Waals surface area contributed by atoms with Crippen molar-refractivity contribution in [2.75, 3.05) is 26.3 Å². The Balaban J connectivity index is 1.92. The van der Waals surface area contributed by atoms with Crippen LogP contribution in [0.2, 0.25) is 0 Å². The minimum atomic E-state index is -0.464. The zero-order valence-electron chi connectivity index (χ0n) is 12.1. The molecular formula is C14H25NO4. The molecule has 0 aromatic rings. The van der Waals surface area contributed by atoms with E-state index in [4.69, 9.17) is 4.74 Å². The van der Waals surface area contributed by atoms with Crippen LogP contribution in [0, 0.1) is 17.3 Å². The summed E-state index contributed by atoms with van der Waals surface area (Å²) in [7, 11) is 0. The monoisotopic (exact) mass is 271 g/mol. The van der Waals surface area contributed by atoms with Crippen molar-refractivity contribution < 1.29 is 19.7 Å². The van der Waals surface area contributed by atoms with E-state index in [0.717, 1.165) is 12.8 Å². The number of likely N-dealkylation sites (tertiary alicyclic amines) is 1. The first-order chi connectivity index (χ1) is 8.78. The van der Waals surface area contributed by atoms with Gasteiger partial charge in [-0.2, -0.15) is 0 Å². The summed E-state index contributed by atoms with van der Waals surface area (Å²) in [6, 6.07) is 0. The molecule has 1 heterocycles. The summed E-state index contributed by atoms with van der Waals surface area (Å²) in [5, 5.41) is 18.9. The van der Waals surface area contributed by atoms with Crippen LogP contribution < -0.4 is 0 Å². The number of ether oxygens (including phenoxy) is 1. The molecule has 110 valence electrons. The van der Waals surface area contributed by atoms with Gasteiger partial charge in [-0.15, -0.1) is 0 Å². The fourth-order valence-electron chi connectivity index (χ4n) is 3.38. The fraction of sp³-hybridized carbons (Fsp3) is 0.929. The topological polar surface area (TPSA) is 70.0 Å². The highest BCUT2D eigenvalue weighted by Crippen LogP contribution is 2.48. The van der Waals surface area contributed by atoms with Gasteiger partial charge in [0.1, 0.15) is 5.60 Å². The molecule has 1 saturated carbocycles. The second-order valence-electron chi connectivity index (χ2n) is 7.13. The molecule has 0 unspecified atom stereocenters. The van der Waals surface area contributed by atoms with Crippen molar-refractivity contribution >= 4 is 6.09 Å². The lowest BCUT2D eigenvalue weighted by atomic mass is 9.86. The molecule has 1 saturated heterocycles. The number of hydrogen-bond donors (Lipinski definition) is 2. The molecule has 1 aliphatic heterocycles.